The second-order valence-electron chi connectivity index (χ2n) is 51.7. The predicted octanol–water partition coefficient (Wildman–Crippen LogP) is 43.4. The third kappa shape index (κ3) is 77.6. The summed E-state index contributed by atoms with van der Waals surface area (Å²) < 4.78 is 75.8. The van der Waals surface area contributed by atoms with Crippen LogP contribution in [0.2, 0.25) is 0 Å². The molecule has 0 heterocycles. The molecule has 6 heteroatoms. The van der Waals surface area contributed by atoms with Crippen molar-refractivity contribution in [2.24, 2.45) is 165 Å². The van der Waals surface area contributed by atoms with E-state index in [0.29, 0.717) is 66.5 Å². The minimum Gasteiger partial charge on any atom is -0.250 e. The van der Waals surface area contributed by atoms with E-state index >= 15 is 0 Å². The zero-order valence-electron chi connectivity index (χ0n) is 98.1. The van der Waals surface area contributed by atoms with Gasteiger partial charge in [-0.15, -0.1) is 12.3 Å². The largest absolute Gasteiger partial charge is 0.250 e. The first-order valence-corrected chi connectivity index (χ1v) is 50.0. The van der Waals surface area contributed by atoms with E-state index in [0.717, 1.165) is 66.1 Å². The van der Waals surface area contributed by atoms with Crippen molar-refractivity contribution < 1.29 is 26.3 Å². The smallest absolute Gasteiger partial charge is 0.250 e. The molecule has 0 aromatic heterocycles. The molecule has 0 bridgehead atoms. The van der Waals surface area contributed by atoms with Gasteiger partial charge in [0.15, 0.2) is 0 Å². The van der Waals surface area contributed by atoms with Crippen molar-refractivity contribution in [3.05, 3.63) is 0 Å². The first-order valence-electron chi connectivity index (χ1n) is 50.0. The lowest BCUT2D eigenvalue weighted by molar-refractivity contribution is -0.110. The van der Waals surface area contributed by atoms with Crippen LogP contribution in [0.3, 0.4) is 0 Å². The third-order valence-electron chi connectivity index (χ3n) is 32.0. The highest BCUT2D eigenvalue weighted by molar-refractivity contribution is 5.02. The molecule has 0 aromatic carbocycles. The van der Waals surface area contributed by atoms with Crippen molar-refractivity contribution in [3.63, 3.8) is 0 Å². The van der Waals surface area contributed by atoms with E-state index in [-0.39, 0.29) is 28.1 Å². The van der Waals surface area contributed by atoms with Gasteiger partial charge in [-0.3, -0.25) is 8.78 Å². The Morgan fingerprint density at radius 1 is 0.298 bits per heavy atom. The van der Waals surface area contributed by atoms with Gasteiger partial charge in [-0.05, 0) is 204 Å². The minimum absolute atomic E-state index is 0.00694. The zero-order chi connectivity index (χ0) is 102. The Bertz CT molecular complexity index is 2120. The SMILES string of the molecule is C#CC(C)(C)C(C)C.CC(C)C.CC(C)C(C)(C)C.CC(C)C(C)(C)C(C)(C)C.CC(C)C(C)(C)C(C)(C)F.CC(C)C(C)(C)C(C)(F)F.CC(C)C(C)(C)C(C)C.CC(C)C(C)(C)C(C)F.CC(C)C(C)(CF)CF.CC(C)CC(C)(C)C.CCC(C)(C)C(C)C.CCC(CC)(CC)C(C)C.CCCC(C)(C)C(C)C.CCCCC(C)(C)C(C)C. The zero-order valence-corrected chi connectivity index (χ0v) is 98.1. The summed E-state index contributed by atoms with van der Waals surface area (Å²) in [6, 6.07) is 0. The Labute approximate surface area is 771 Å². The van der Waals surface area contributed by atoms with E-state index in [9.17, 15) is 26.3 Å². The maximum absolute atomic E-state index is 13.4. The second kappa shape index (κ2) is 68.2. The highest BCUT2D eigenvalue weighted by Gasteiger charge is 2.44. The molecule has 0 N–H and O–H groups in total. The van der Waals surface area contributed by atoms with Gasteiger partial charge in [0, 0.05) is 21.7 Å². The quantitative estimate of drug-likeness (QED) is 0.0568. The maximum atomic E-state index is 13.4. The molecule has 0 aliphatic carbocycles. The standard InChI is InChI=1S/3C10H22.C9H19F.2C9H20.C8H16F2.C8H17F.2C8H18.C8H14.C7H14F2.C7H16.C4H10/c1-8(2)10(6,7)9(3,4)5;1-6-7-8-10(4,5)9(2)3;1-6-10(7-2,8-3)9(4)5;1-7(2)8(3,4)9(5,6)10;1-7(2)9(5,6)8(3)4;1-6-7-9(4,5)8(2)3;1-6(2)7(3,4)8(5,9)10;1-6(2)8(4,5)7(3)9;1-7(2)6-8(3,4)5;2*1-6-8(4,5)7(2)3;1-6(2)7(3,4-8)5-9;1-6(2)7(3,4)5;1-4(2)3/h8H,1-7H3;2*9H,6-8H2,1-5H3;7H,1-6H3;7-8H,1-6H3;8H,6-7H2,1-5H3;6H,1-5H3;6-7H,1-5H3;2*7H,6H2,1-5H3;1,7H,2-5H3;6H,4-5H2,1-3H3;6H,1-5H3;4H,1-3H3. The van der Waals surface area contributed by atoms with Gasteiger partial charge in [0.25, 0.3) is 5.92 Å². The summed E-state index contributed by atoms with van der Waals surface area (Å²) in [5.41, 5.74) is 1.59. The molecule has 0 saturated carbocycles. The Kier molecular flexibility index (Phi) is 85.3. The van der Waals surface area contributed by atoms with Gasteiger partial charge >= 0.3 is 0 Å². The number of alkyl halides is 6. The number of hydrogen-bond donors (Lipinski definition) is 0. The van der Waals surface area contributed by atoms with Crippen LogP contribution < -0.4 is 0 Å². The molecule has 0 aliphatic rings. The van der Waals surface area contributed by atoms with Crippen LogP contribution in [0.15, 0.2) is 0 Å². The molecule has 0 rings (SSSR count). The molecule has 0 nitrogen and oxygen atoms in total. The number of terminal acetylenes is 1. The number of unbranched alkanes of at least 4 members (excludes halogenated alkanes) is 1. The lowest BCUT2D eigenvalue weighted by Crippen LogP contribution is -2.38. The van der Waals surface area contributed by atoms with Gasteiger partial charge in [0.1, 0.15) is 11.8 Å². The fourth-order valence-electron chi connectivity index (χ4n) is 9.16. The van der Waals surface area contributed by atoms with Crippen molar-refractivity contribution in [2.45, 2.75) is 560 Å². The Morgan fingerprint density at radius 3 is 0.603 bits per heavy atom. The predicted molar refractivity (Wildman–Crippen MR) is 559 cm³/mol. The molecular weight excluding hydrogens is 1500 g/mol. The van der Waals surface area contributed by atoms with Crippen LogP contribution in [0.1, 0.15) is 542 Å². The summed E-state index contributed by atoms with van der Waals surface area (Å²) in [5, 5.41) is 0. The van der Waals surface area contributed by atoms with Crippen molar-refractivity contribution in [2.75, 3.05) is 13.3 Å². The van der Waals surface area contributed by atoms with Crippen LogP contribution >= 0.6 is 0 Å². The summed E-state index contributed by atoms with van der Waals surface area (Å²) >= 11 is 0. The molecule has 0 aromatic rings. The van der Waals surface area contributed by atoms with Crippen LogP contribution in [0.25, 0.3) is 0 Å². The molecular formula is C115H248F6. The Hall–Kier alpha value is -0.860. The van der Waals surface area contributed by atoms with Gasteiger partial charge < -0.3 is 0 Å². The van der Waals surface area contributed by atoms with E-state index in [2.05, 4.69) is 380 Å². The number of rotatable bonds is 27. The molecule has 1 unspecified atom stereocenters. The summed E-state index contributed by atoms with van der Waals surface area (Å²) in [5.74, 6) is 9.71. The first-order chi connectivity index (χ1) is 52.7. The Morgan fingerprint density at radius 2 is 0.570 bits per heavy atom. The maximum Gasteiger partial charge on any atom is 0.250 e. The van der Waals surface area contributed by atoms with E-state index in [1.165, 1.54) is 64.2 Å². The van der Waals surface area contributed by atoms with Crippen molar-refractivity contribution in [3.8, 4) is 12.3 Å². The third-order valence-corrected chi connectivity index (χ3v) is 32.0. The van der Waals surface area contributed by atoms with Crippen LogP contribution in [0.5, 0.6) is 0 Å². The van der Waals surface area contributed by atoms with Crippen LogP contribution in [0.4, 0.5) is 26.3 Å². The van der Waals surface area contributed by atoms with Crippen molar-refractivity contribution >= 4 is 0 Å². The lowest BCUT2D eigenvalue weighted by Gasteiger charge is -2.42. The normalized spacial score (nSPS) is 13.2. The molecule has 1 atom stereocenters. The fraction of sp³-hybridized carbons (Fsp3) is 0.983. The van der Waals surface area contributed by atoms with E-state index in [4.69, 9.17) is 6.42 Å². The summed E-state index contributed by atoms with van der Waals surface area (Å²) in [6.45, 7) is 147. The summed E-state index contributed by atoms with van der Waals surface area (Å²) in [4.78, 5) is 0. The van der Waals surface area contributed by atoms with E-state index < -0.39 is 41.9 Å². The molecule has 0 amide bonds. The monoisotopic (exact) mass is 1740 g/mol. The van der Waals surface area contributed by atoms with Crippen LogP contribution in [-0.4, -0.2) is 31.1 Å². The average molecular weight is 1750 g/mol. The number of halogens is 6. The molecule has 0 aliphatic heterocycles. The van der Waals surface area contributed by atoms with Crippen molar-refractivity contribution in [1.82, 2.24) is 0 Å². The molecule has 0 radical (unpaired) electrons. The Balaban J connectivity index is -0.0000000852. The first kappa shape index (κ1) is 151. The van der Waals surface area contributed by atoms with E-state index in [1.807, 2.05) is 55.4 Å². The topological polar surface area (TPSA) is 0 Å². The molecule has 750 valence electrons. The van der Waals surface area contributed by atoms with Gasteiger partial charge in [-0.1, -0.05) is 481 Å². The van der Waals surface area contributed by atoms with Gasteiger partial charge in [0.05, 0.1) is 13.3 Å². The second-order valence-corrected chi connectivity index (χ2v) is 51.7. The van der Waals surface area contributed by atoms with Crippen molar-refractivity contribution in [1.29, 1.82) is 0 Å². The van der Waals surface area contributed by atoms with Crippen LogP contribution in [-0.2, 0) is 0 Å². The highest BCUT2D eigenvalue weighted by atomic mass is 19.3. The highest BCUT2D eigenvalue weighted by Crippen LogP contribution is 2.45. The summed E-state index contributed by atoms with van der Waals surface area (Å²) in [7, 11) is 0. The lowest BCUT2D eigenvalue weighted by atomic mass is 9.63. The number of hydrogen-bond acceptors (Lipinski definition) is 0. The molecule has 121 heavy (non-hydrogen) atoms. The molecule has 0 saturated heterocycles. The fourth-order valence-corrected chi connectivity index (χ4v) is 9.16. The van der Waals surface area contributed by atoms with Crippen LogP contribution in [0, 0.1) is 177 Å². The molecule has 0 fully saturated rings. The van der Waals surface area contributed by atoms with E-state index in [1.54, 1.807) is 41.5 Å². The molecule has 0 spiro atoms. The van der Waals surface area contributed by atoms with Gasteiger partial charge in [-0.2, -0.15) is 0 Å². The van der Waals surface area contributed by atoms with Gasteiger partial charge in [0.2, 0.25) is 0 Å². The average Bonchev–Trinajstić information content (AvgIpc) is 0.826. The summed E-state index contributed by atoms with van der Waals surface area (Å²) in [6.07, 6.45) is 17.9. The minimum atomic E-state index is -2.58. The van der Waals surface area contributed by atoms with Gasteiger partial charge in [-0.25, -0.2) is 17.6 Å².